The van der Waals surface area contributed by atoms with Gasteiger partial charge in [-0.3, -0.25) is 0 Å². The summed E-state index contributed by atoms with van der Waals surface area (Å²) < 4.78 is 39.4. The summed E-state index contributed by atoms with van der Waals surface area (Å²) in [4.78, 5) is -0.0268. The van der Waals surface area contributed by atoms with Crippen molar-refractivity contribution in [3.63, 3.8) is 0 Å². The molecule has 0 saturated carbocycles. The number of halogens is 1. The van der Waals surface area contributed by atoms with Crippen molar-refractivity contribution >= 4 is 27.5 Å². The lowest BCUT2D eigenvalue weighted by atomic mass is 10.3. The normalized spacial score (nSPS) is 18.5. The molecule has 0 spiro atoms. The molecule has 1 aliphatic heterocycles. The van der Waals surface area contributed by atoms with Crippen LogP contribution in [0.25, 0.3) is 0 Å². The quantitative estimate of drug-likeness (QED) is 0.839. The number of nitrogen functional groups attached to an aromatic ring is 1. The van der Waals surface area contributed by atoms with Crippen molar-refractivity contribution in [1.29, 1.82) is 0 Å². The number of nitrogens with two attached hydrogens (primary N) is 1. The molecule has 7 heteroatoms. The maximum absolute atomic E-state index is 13.3. The summed E-state index contributed by atoms with van der Waals surface area (Å²) in [6.07, 6.45) is 0.821. The SMILES string of the molecule is Nc1ccc(S(=O)(=O)N2CCCSCC2)cc1F. The van der Waals surface area contributed by atoms with Gasteiger partial charge in [0.1, 0.15) is 5.82 Å². The van der Waals surface area contributed by atoms with Gasteiger partial charge in [-0.15, -0.1) is 0 Å². The standard InChI is InChI=1S/C11H15FN2O2S2/c12-10-8-9(2-3-11(10)13)18(15,16)14-4-1-6-17-7-5-14/h2-3,8H,1,4-7,13H2. The van der Waals surface area contributed by atoms with E-state index >= 15 is 0 Å². The summed E-state index contributed by atoms with van der Waals surface area (Å²) >= 11 is 1.74. The molecule has 1 saturated heterocycles. The maximum atomic E-state index is 13.3. The van der Waals surface area contributed by atoms with Crippen molar-refractivity contribution in [2.75, 3.05) is 30.3 Å². The van der Waals surface area contributed by atoms with Gasteiger partial charge in [0.05, 0.1) is 10.6 Å². The van der Waals surface area contributed by atoms with Crippen molar-refractivity contribution in [1.82, 2.24) is 4.31 Å². The predicted octanol–water partition coefficient (Wildman–Crippen LogP) is 1.54. The Hall–Kier alpha value is -0.790. The van der Waals surface area contributed by atoms with Gasteiger partial charge in [-0.2, -0.15) is 16.1 Å². The molecule has 18 heavy (non-hydrogen) atoms. The van der Waals surface area contributed by atoms with Crippen LogP contribution >= 0.6 is 11.8 Å². The monoisotopic (exact) mass is 290 g/mol. The molecule has 1 fully saturated rings. The lowest BCUT2D eigenvalue weighted by Crippen LogP contribution is -2.33. The highest BCUT2D eigenvalue weighted by Crippen LogP contribution is 2.22. The van der Waals surface area contributed by atoms with Crippen LogP contribution in [0.5, 0.6) is 0 Å². The van der Waals surface area contributed by atoms with E-state index in [-0.39, 0.29) is 10.6 Å². The zero-order chi connectivity index (χ0) is 13.2. The molecule has 0 unspecified atom stereocenters. The molecule has 0 amide bonds. The smallest absolute Gasteiger partial charge is 0.243 e. The molecule has 1 heterocycles. The van der Waals surface area contributed by atoms with Gasteiger partial charge in [0.25, 0.3) is 0 Å². The first kappa shape index (κ1) is 13.6. The highest BCUT2D eigenvalue weighted by Gasteiger charge is 2.25. The number of rotatable bonds is 2. The minimum atomic E-state index is -3.60. The van der Waals surface area contributed by atoms with Crippen LogP contribution in [-0.4, -0.2) is 37.3 Å². The molecular weight excluding hydrogens is 275 g/mol. The fourth-order valence-electron chi connectivity index (χ4n) is 1.78. The van der Waals surface area contributed by atoms with Crippen LogP contribution in [0.3, 0.4) is 0 Å². The minimum absolute atomic E-state index is 0.0268. The Labute approximate surface area is 110 Å². The largest absolute Gasteiger partial charge is 0.396 e. The second-order valence-corrected chi connectivity index (χ2v) is 7.22. The Bertz CT molecular complexity index is 526. The summed E-state index contributed by atoms with van der Waals surface area (Å²) in [5, 5.41) is 0. The molecular formula is C11H15FN2O2S2. The van der Waals surface area contributed by atoms with E-state index in [1.807, 2.05) is 0 Å². The Morgan fingerprint density at radius 1 is 1.28 bits per heavy atom. The number of sulfonamides is 1. The van der Waals surface area contributed by atoms with E-state index in [0.29, 0.717) is 13.1 Å². The molecule has 1 aromatic rings. The Morgan fingerprint density at radius 2 is 2.06 bits per heavy atom. The molecule has 4 nitrogen and oxygen atoms in total. The molecule has 1 aliphatic rings. The van der Waals surface area contributed by atoms with E-state index in [4.69, 9.17) is 5.73 Å². The number of benzene rings is 1. The summed E-state index contributed by atoms with van der Waals surface area (Å²) in [5.41, 5.74) is 5.31. The third kappa shape index (κ3) is 2.78. The van der Waals surface area contributed by atoms with Gasteiger partial charge in [0, 0.05) is 18.8 Å². The van der Waals surface area contributed by atoms with Crippen LogP contribution in [0.15, 0.2) is 23.1 Å². The van der Waals surface area contributed by atoms with Crippen LogP contribution in [0, 0.1) is 5.82 Å². The number of thioether (sulfide) groups is 1. The highest BCUT2D eigenvalue weighted by atomic mass is 32.2. The maximum Gasteiger partial charge on any atom is 0.243 e. The molecule has 0 atom stereocenters. The van der Waals surface area contributed by atoms with E-state index in [1.54, 1.807) is 11.8 Å². The van der Waals surface area contributed by atoms with E-state index in [9.17, 15) is 12.8 Å². The van der Waals surface area contributed by atoms with Crippen LogP contribution < -0.4 is 5.73 Å². The number of hydrogen-bond donors (Lipinski definition) is 1. The highest BCUT2D eigenvalue weighted by molar-refractivity contribution is 7.99. The van der Waals surface area contributed by atoms with Gasteiger partial charge in [-0.25, -0.2) is 12.8 Å². The molecule has 2 rings (SSSR count). The Kier molecular flexibility index (Phi) is 4.14. The fraction of sp³-hybridized carbons (Fsp3) is 0.455. The molecule has 0 aliphatic carbocycles. The van der Waals surface area contributed by atoms with Gasteiger partial charge in [0.15, 0.2) is 0 Å². The second-order valence-electron chi connectivity index (χ2n) is 4.05. The lowest BCUT2D eigenvalue weighted by Gasteiger charge is -2.19. The third-order valence-electron chi connectivity index (χ3n) is 2.79. The summed E-state index contributed by atoms with van der Waals surface area (Å²) in [6.45, 7) is 0.959. The average Bonchev–Trinajstić information content (AvgIpc) is 2.61. The second kappa shape index (κ2) is 5.46. The van der Waals surface area contributed by atoms with Gasteiger partial charge in [-0.05, 0) is 30.4 Å². The van der Waals surface area contributed by atoms with Crippen LogP contribution in [0.2, 0.25) is 0 Å². The van der Waals surface area contributed by atoms with Crippen molar-refractivity contribution in [3.05, 3.63) is 24.0 Å². The summed E-state index contributed by atoms with van der Waals surface area (Å²) in [6, 6.07) is 3.63. The van der Waals surface area contributed by atoms with E-state index in [0.717, 1.165) is 24.0 Å². The number of nitrogens with zero attached hydrogens (tertiary/aromatic N) is 1. The number of anilines is 1. The zero-order valence-electron chi connectivity index (χ0n) is 9.80. The minimum Gasteiger partial charge on any atom is -0.396 e. The van der Waals surface area contributed by atoms with Crippen molar-refractivity contribution in [3.8, 4) is 0 Å². The fourth-order valence-corrected chi connectivity index (χ4v) is 4.27. The first-order valence-corrected chi connectivity index (χ1v) is 8.24. The Balaban J connectivity index is 2.31. The summed E-state index contributed by atoms with van der Waals surface area (Å²) in [7, 11) is -3.60. The molecule has 0 aromatic heterocycles. The molecule has 2 N–H and O–H groups in total. The zero-order valence-corrected chi connectivity index (χ0v) is 11.4. The molecule has 0 radical (unpaired) electrons. The van der Waals surface area contributed by atoms with E-state index < -0.39 is 15.8 Å². The van der Waals surface area contributed by atoms with Gasteiger partial charge in [0.2, 0.25) is 10.0 Å². The average molecular weight is 290 g/mol. The van der Waals surface area contributed by atoms with Crippen molar-refractivity contribution in [2.24, 2.45) is 0 Å². The van der Waals surface area contributed by atoms with Crippen LogP contribution in [0.4, 0.5) is 10.1 Å². The van der Waals surface area contributed by atoms with Crippen molar-refractivity contribution < 1.29 is 12.8 Å². The van der Waals surface area contributed by atoms with Gasteiger partial charge < -0.3 is 5.73 Å². The van der Waals surface area contributed by atoms with Crippen LogP contribution in [0.1, 0.15) is 6.42 Å². The summed E-state index contributed by atoms with van der Waals surface area (Å²) in [5.74, 6) is 1.04. The first-order chi connectivity index (χ1) is 8.51. The van der Waals surface area contributed by atoms with E-state index in [2.05, 4.69) is 0 Å². The topological polar surface area (TPSA) is 63.4 Å². The first-order valence-electron chi connectivity index (χ1n) is 5.65. The van der Waals surface area contributed by atoms with Crippen molar-refractivity contribution in [2.45, 2.75) is 11.3 Å². The number of hydrogen-bond acceptors (Lipinski definition) is 4. The molecule has 0 bridgehead atoms. The third-order valence-corrected chi connectivity index (χ3v) is 5.73. The molecule has 100 valence electrons. The van der Waals surface area contributed by atoms with Gasteiger partial charge >= 0.3 is 0 Å². The Morgan fingerprint density at radius 3 is 2.78 bits per heavy atom. The van der Waals surface area contributed by atoms with E-state index in [1.165, 1.54) is 16.4 Å². The van der Waals surface area contributed by atoms with Crippen LogP contribution in [-0.2, 0) is 10.0 Å². The lowest BCUT2D eigenvalue weighted by molar-refractivity contribution is 0.434. The molecule has 1 aromatic carbocycles. The predicted molar refractivity (Wildman–Crippen MR) is 71.5 cm³/mol. The van der Waals surface area contributed by atoms with Gasteiger partial charge in [-0.1, -0.05) is 0 Å².